The highest BCUT2D eigenvalue weighted by Crippen LogP contribution is 2.25. The van der Waals surface area contributed by atoms with E-state index in [9.17, 15) is 0 Å². The summed E-state index contributed by atoms with van der Waals surface area (Å²) in [6.45, 7) is 1.87. The van der Waals surface area contributed by atoms with Crippen molar-refractivity contribution in [1.29, 1.82) is 0 Å². The van der Waals surface area contributed by atoms with Gasteiger partial charge in [-0.05, 0) is 19.1 Å². The van der Waals surface area contributed by atoms with Crippen molar-refractivity contribution >= 4 is 22.9 Å². The molecule has 3 heterocycles. The van der Waals surface area contributed by atoms with E-state index in [1.54, 1.807) is 12.1 Å². The van der Waals surface area contributed by atoms with Crippen LogP contribution in [0.15, 0.2) is 28.2 Å². The van der Waals surface area contributed by atoms with Gasteiger partial charge in [0.25, 0.3) is 5.89 Å². The number of hydrogen-bond donors (Lipinski definition) is 1. The average Bonchev–Trinajstić information content (AvgIpc) is 3.08. The van der Waals surface area contributed by atoms with E-state index in [4.69, 9.17) is 21.9 Å². The van der Waals surface area contributed by atoms with E-state index in [2.05, 4.69) is 20.1 Å². The highest BCUT2D eigenvalue weighted by molar-refractivity contribution is 7.10. The first kappa shape index (κ1) is 13.2. The molecule has 0 bridgehead atoms. The molecule has 0 aromatic carbocycles. The summed E-state index contributed by atoms with van der Waals surface area (Å²) in [6, 6.07) is 3.33. The van der Waals surface area contributed by atoms with Gasteiger partial charge in [0.15, 0.2) is 0 Å². The van der Waals surface area contributed by atoms with Crippen LogP contribution >= 0.6 is 22.9 Å². The van der Waals surface area contributed by atoms with Crippen LogP contribution in [0.3, 0.4) is 0 Å². The van der Waals surface area contributed by atoms with E-state index >= 15 is 0 Å². The van der Waals surface area contributed by atoms with Crippen molar-refractivity contribution < 1.29 is 4.52 Å². The zero-order chi connectivity index (χ0) is 14.1. The Morgan fingerprint density at radius 3 is 2.80 bits per heavy atom. The fourth-order valence-corrected chi connectivity index (χ4v) is 2.40. The van der Waals surface area contributed by atoms with Gasteiger partial charge in [0.2, 0.25) is 5.82 Å². The van der Waals surface area contributed by atoms with Gasteiger partial charge < -0.3 is 10.3 Å². The molecular formula is C12H10ClN5OS. The first-order valence-electron chi connectivity index (χ1n) is 5.80. The van der Waals surface area contributed by atoms with Crippen LogP contribution in [-0.2, 0) is 0 Å². The van der Waals surface area contributed by atoms with Gasteiger partial charge in [-0.25, -0.2) is 4.98 Å². The topological polar surface area (TPSA) is 90.7 Å². The van der Waals surface area contributed by atoms with E-state index in [1.807, 2.05) is 12.3 Å². The maximum atomic E-state index is 5.79. The van der Waals surface area contributed by atoms with Crippen LogP contribution in [0.5, 0.6) is 0 Å². The second-order valence-corrected chi connectivity index (χ2v) is 5.47. The number of pyridine rings is 1. The lowest BCUT2D eigenvalue weighted by Gasteiger charge is -1.95. The number of nitrogens with two attached hydrogens (primary N) is 1. The predicted molar refractivity (Wildman–Crippen MR) is 76.2 cm³/mol. The Bertz CT molecular complexity index is 722. The summed E-state index contributed by atoms with van der Waals surface area (Å²) in [7, 11) is 0. The number of nitrogens with zero attached hydrogens (tertiary/aromatic N) is 4. The number of rotatable bonds is 3. The maximum Gasteiger partial charge on any atom is 0.277 e. The molecule has 3 aromatic heterocycles. The molecule has 0 radical (unpaired) electrons. The highest BCUT2D eigenvalue weighted by atomic mass is 35.5. The molecule has 3 rings (SSSR count). The minimum Gasteiger partial charge on any atom is -0.332 e. The third-order valence-corrected chi connectivity index (χ3v) is 3.78. The molecule has 0 aliphatic carbocycles. The van der Waals surface area contributed by atoms with Crippen molar-refractivity contribution in [2.75, 3.05) is 0 Å². The molecule has 102 valence electrons. The van der Waals surface area contributed by atoms with Crippen LogP contribution in [0.1, 0.15) is 18.0 Å². The van der Waals surface area contributed by atoms with Crippen molar-refractivity contribution in [1.82, 2.24) is 20.1 Å². The van der Waals surface area contributed by atoms with E-state index < -0.39 is 0 Å². The third-order valence-electron chi connectivity index (χ3n) is 2.51. The molecular weight excluding hydrogens is 298 g/mol. The average molecular weight is 308 g/mol. The lowest BCUT2D eigenvalue weighted by molar-refractivity contribution is 0.431. The van der Waals surface area contributed by atoms with Crippen molar-refractivity contribution in [2.45, 2.75) is 13.0 Å². The van der Waals surface area contributed by atoms with Gasteiger partial charge in [0, 0.05) is 11.6 Å². The molecule has 20 heavy (non-hydrogen) atoms. The minimum absolute atomic E-state index is 0.117. The Balaban J connectivity index is 1.91. The van der Waals surface area contributed by atoms with Gasteiger partial charge in [-0.3, -0.25) is 4.98 Å². The molecule has 0 aliphatic heterocycles. The molecule has 0 spiro atoms. The van der Waals surface area contributed by atoms with Gasteiger partial charge in [0.1, 0.15) is 16.4 Å². The van der Waals surface area contributed by atoms with Crippen LogP contribution in [0.2, 0.25) is 5.02 Å². The van der Waals surface area contributed by atoms with Gasteiger partial charge in [-0.15, -0.1) is 11.3 Å². The lowest BCUT2D eigenvalue weighted by atomic mass is 10.3. The third kappa shape index (κ3) is 2.55. The summed E-state index contributed by atoms with van der Waals surface area (Å²) in [5.74, 6) is 0.743. The zero-order valence-electron chi connectivity index (χ0n) is 10.4. The van der Waals surface area contributed by atoms with Gasteiger partial charge >= 0.3 is 0 Å². The van der Waals surface area contributed by atoms with E-state index in [-0.39, 0.29) is 6.04 Å². The fraction of sp³-hybridized carbons (Fsp3) is 0.167. The van der Waals surface area contributed by atoms with Crippen LogP contribution in [0, 0.1) is 0 Å². The molecule has 3 aromatic rings. The molecule has 8 heteroatoms. The largest absolute Gasteiger partial charge is 0.332 e. The summed E-state index contributed by atoms with van der Waals surface area (Å²) in [5.41, 5.74) is 6.98. The second kappa shape index (κ2) is 5.28. The number of hydrogen-bond acceptors (Lipinski definition) is 7. The summed E-state index contributed by atoms with van der Waals surface area (Å²) in [5, 5.41) is 7.10. The molecule has 0 saturated heterocycles. The molecule has 2 N–H and O–H groups in total. The Labute approximate surface area is 123 Å². The smallest absolute Gasteiger partial charge is 0.277 e. The molecule has 1 unspecified atom stereocenters. The predicted octanol–water partition coefficient (Wildman–Crippen LogP) is 2.93. The summed E-state index contributed by atoms with van der Waals surface area (Å²) < 4.78 is 5.20. The van der Waals surface area contributed by atoms with Gasteiger partial charge in [-0.1, -0.05) is 16.8 Å². The molecule has 0 saturated carbocycles. The van der Waals surface area contributed by atoms with E-state index in [0.717, 1.165) is 5.01 Å². The Morgan fingerprint density at radius 1 is 1.30 bits per heavy atom. The van der Waals surface area contributed by atoms with E-state index in [0.29, 0.717) is 28.1 Å². The lowest BCUT2D eigenvalue weighted by Crippen LogP contribution is -2.03. The van der Waals surface area contributed by atoms with Gasteiger partial charge in [-0.2, -0.15) is 4.98 Å². The first-order valence-corrected chi connectivity index (χ1v) is 7.06. The molecule has 1 atom stereocenters. The molecule has 0 aliphatic rings. The second-order valence-electron chi connectivity index (χ2n) is 4.14. The van der Waals surface area contributed by atoms with Crippen LogP contribution in [0.25, 0.3) is 23.1 Å². The molecule has 0 amide bonds. The zero-order valence-corrected chi connectivity index (χ0v) is 12.0. The van der Waals surface area contributed by atoms with Gasteiger partial charge in [0.05, 0.1) is 11.1 Å². The normalized spacial score (nSPS) is 12.6. The summed E-state index contributed by atoms with van der Waals surface area (Å²) in [4.78, 5) is 12.8. The van der Waals surface area contributed by atoms with Crippen molar-refractivity contribution in [3.63, 3.8) is 0 Å². The van der Waals surface area contributed by atoms with Crippen LogP contribution < -0.4 is 5.73 Å². The van der Waals surface area contributed by atoms with Crippen LogP contribution in [0.4, 0.5) is 0 Å². The van der Waals surface area contributed by atoms with Crippen LogP contribution in [-0.4, -0.2) is 20.1 Å². The Morgan fingerprint density at radius 2 is 2.15 bits per heavy atom. The first-order chi connectivity index (χ1) is 9.63. The van der Waals surface area contributed by atoms with E-state index in [1.165, 1.54) is 17.5 Å². The van der Waals surface area contributed by atoms with Crippen molar-refractivity contribution in [2.24, 2.45) is 5.73 Å². The van der Waals surface area contributed by atoms with Crippen molar-refractivity contribution in [3.05, 3.63) is 33.7 Å². The number of halogens is 1. The van der Waals surface area contributed by atoms with Crippen molar-refractivity contribution in [3.8, 4) is 23.1 Å². The molecule has 6 nitrogen and oxygen atoms in total. The Kier molecular flexibility index (Phi) is 3.47. The summed E-state index contributed by atoms with van der Waals surface area (Å²) >= 11 is 7.25. The highest BCUT2D eigenvalue weighted by Gasteiger charge is 2.15. The Hall–Kier alpha value is -1.83. The molecule has 0 fully saturated rings. The standard InChI is InChI=1S/C12H10ClN5OS/c1-6(14)12-16-9(5-20-12)11-17-10(18-19-11)8-3-2-7(13)4-15-8/h2-6H,14H2,1H3. The quantitative estimate of drug-likeness (QED) is 0.800. The maximum absolute atomic E-state index is 5.79. The minimum atomic E-state index is -0.117. The number of aromatic nitrogens is 4. The fourth-order valence-electron chi connectivity index (χ4n) is 1.53. The monoisotopic (exact) mass is 307 g/mol. The SMILES string of the molecule is CC(N)c1nc(-c2nc(-c3ccc(Cl)cn3)no2)cs1. The number of thiazole rings is 1. The summed E-state index contributed by atoms with van der Waals surface area (Å²) in [6.07, 6.45) is 1.53.